The van der Waals surface area contributed by atoms with E-state index in [0.717, 1.165) is 23.3 Å². The van der Waals surface area contributed by atoms with E-state index in [4.69, 9.17) is 0 Å². The van der Waals surface area contributed by atoms with Gasteiger partial charge in [-0.2, -0.15) is 13.2 Å². The van der Waals surface area contributed by atoms with Gasteiger partial charge in [0.05, 0.1) is 11.6 Å². The maximum atomic E-state index is 14.6. The van der Waals surface area contributed by atoms with Gasteiger partial charge in [0.15, 0.2) is 17.3 Å². The van der Waals surface area contributed by atoms with Gasteiger partial charge < -0.3 is 4.90 Å². The number of benzene rings is 4. The number of hydrogen-bond acceptors (Lipinski definition) is 4. The van der Waals surface area contributed by atoms with Crippen molar-refractivity contribution in [2.75, 3.05) is 4.90 Å². The second-order valence-electron chi connectivity index (χ2n) is 11.1. The van der Waals surface area contributed by atoms with Gasteiger partial charge in [0, 0.05) is 28.3 Å². The SMILES string of the molecule is Cc1ccc2c(c1)N1[C@@H](C=C2)C2(C(=O)c3ccccc3C2=O)[C@@H](c2ccc(C(F)(F)F)cc2)[C@@H]1C(=O)c1ccccc1. The quantitative estimate of drug-likeness (QED) is 0.194. The van der Waals surface area contributed by atoms with Crippen LogP contribution < -0.4 is 4.90 Å². The number of fused-ring (bicyclic) bond motifs is 5. The predicted molar refractivity (Wildman–Crippen MR) is 153 cm³/mol. The average Bonchev–Trinajstić information content (AvgIpc) is 3.43. The zero-order valence-corrected chi connectivity index (χ0v) is 22.4. The molecule has 0 saturated carbocycles. The van der Waals surface area contributed by atoms with Gasteiger partial charge in [-0.1, -0.05) is 91.0 Å². The van der Waals surface area contributed by atoms with E-state index in [0.29, 0.717) is 16.8 Å². The van der Waals surface area contributed by atoms with Crippen LogP contribution in [0.15, 0.2) is 103 Å². The fraction of sp³-hybridized carbons (Fsp3) is 0.171. The van der Waals surface area contributed by atoms with Gasteiger partial charge in [0.2, 0.25) is 0 Å². The van der Waals surface area contributed by atoms with Crippen LogP contribution in [0.2, 0.25) is 0 Å². The summed E-state index contributed by atoms with van der Waals surface area (Å²) >= 11 is 0. The highest BCUT2D eigenvalue weighted by Crippen LogP contribution is 2.61. The highest BCUT2D eigenvalue weighted by molar-refractivity contribution is 6.32. The number of hydrogen-bond donors (Lipinski definition) is 0. The minimum Gasteiger partial charge on any atom is -0.352 e. The molecule has 2 heterocycles. The number of alkyl halides is 3. The molecule has 1 spiro atoms. The van der Waals surface area contributed by atoms with E-state index in [1.165, 1.54) is 12.1 Å². The van der Waals surface area contributed by atoms with Crippen LogP contribution in [0.4, 0.5) is 18.9 Å². The standard InChI is InChI=1S/C35H24F3NO3/c1-20-11-12-21-15-18-28-34(32(41)25-9-5-6-10-26(25)33(34)42)29(22-13-16-24(17-14-22)35(36,37)38)30(39(28)27(21)19-20)31(40)23-7-3-2-4-8-23/h2-19,28-30H,1H3/t28-,29-,30+/m0/s1. The number of ketones is 3. The molecule has 0 radical (unpaired) electrons. The molecule has 4 aromatic rings. The minimum atomic E-state index is -4.57. The van der Waals surface area contributed by atoms with Crippen molar-refractivity contribution in [1.29, 1.82) is 0 Å². The van der Waals surface area contributed by atoms with Crippen LogP contribution in [0.3, 0.4) is 0 Å². The lowest BCUT2D eigenvalue weighted by Gasteiger charge is -2.37. The molecule has 7 heteroatoms. The summed E-state index contributed by atoms with van der Waals surface area (Å²) in [6.07, 6.45) is -0.911. The Morgan fingerprint density at radius 1 is 0.810 bits per heavy atom. The second-order valence-corrected chi connectivity index (χ2v) is 11.1. The van der Waals surface area contributed by atoms with E-state index >= 15 is 0 Å². The van der Waals surface area contributed by atoms with Crippen molar-refractivity contribution in [3.05, 3.63) is 142 Å². The lowest BCUT2D eigenvalue weighted by molar-refractivity contribution is -0.137. The second kappa shape index (κ2) is 9.11. The van der Waals surface area contributed by atoms with Crippen LogP contribution >= 0.6 is 0 Å². The molecule has 1 fully saturated rings. The van der Waals surface area contributed by atoms with Gasteiger partial charge in [0.25, 0.3) is 0 Å². The van der Waals surface area contributed by atoms with Crippen molar-refractivity contribution in [3.8, 4) is 0 Å². The van der Waals surface area contributed by atoms with E-state index < -0.39 is 46.7 Å². The lowest BCUT2D eigenvalue weighted by Crippen LogP contribution is -2.48. The first kappa shape index (κ1) is 26.1. The molecule has 0 bridgehead atoms. The summed E-state index contributed by atoms with van der Waals surface area (Å²) < 4.78 is 40.8. The van der Waals surface area contributed by atoms with Gasteiger partial charge >= 0.3 is 6.18 Å². The van der Waals surface area contributed by atoms with E-state index in [1.54, 1.807) is 60.7 Å². The van der Waals surface area contributed by atoms with Crippen LogP contribution in [-0.4, -0.2) is 29.4 Å². The Morgan fingerprint density at radius 2 is 1.43 bits per heavy atom. The van der Waals surface area contributed by atoms with Gasteiger partial charge in [-0.3, -0.25) is 14.4 Å². The summed E-state index contributed by atoms with van der Waals surface area (Å²) in [5.41, 5.74) is 1.05. The lowest BCUT2D eigenvalue weighted by atomic mass is 9.64. The number of rotatable bonds is 3. The molecule has 7 rings (SSSR count). The van der Waals surface area contributed by atoms with E-state index in [2.05, 4.69) is 0 Å². The average molecular weight is 564 g/mol. The van der Waals surface area contributed by atoms with Gasteiger partial charge in [0.1, 0.15) is 11.5 Å². The molecular formula is C35H24F3NO3. The van der Waals surface area contributed by atoms with Crippen molar-refractivity contribution in [2.45, 2.75) is 31.1 Å². The molecule has 0 aromatic heterocycles. The molecule has 0 amide bonds. The number of anilines is 1. The first-order chi connectivity index (χ1) is 20.1. The predicted octanol–water partition coefficient (Wildman–Crippen LogP) is 7.33. The van der Waals surface area contributed by atoms with E-state index in [-0.39, 0.29) is 16.9 Å². The first-order valence-electron chi connectivity index (χ1n) is 13.7. The topological polar surface area (TPSA) is 54.5 Å². The van der Waals surface area contributed by atoms with Crippen molar-refractivity contribution < 1.29 is 27.6 Å². The van der Waals surface area contributed by atoms with Crippen LogP contribution in [-0.2, 0) is 6.18 Å². The van der Waals surface area contributed by atoms with Crippen molar-refractivity contribution in [1.82, 2.24) is 0 Å². The Bertz CT molecular complexity index is 1770. The normalized spacial score (nSPS) is 21.8. The highest BCUT2D eigenvalue weighted by Gasteiger charge is 2.71. The molecule has 3 atom stereocenters. The number of Topliss-reactive ketones (excluding diaryl/α,β-unsaturated/α-hetero) is 3. The van der Waals surface area contributed by atoms with Crippen LogP contribution in [0.1, 0.15) is 59.2 Å². The Kier molecular flexibility index (Phi) is 5.67. The Hall–Kier alpha value is -4.78. The van der Waals surface area contributed by atoms with Crippen LogP contribution in [0.5, 0.6) is 0 Å². The van der Waals surface area contributed by atoms with Crippen molar-refractivity contribution in [2.24, 2.45) is 5.41 Å². The molecule has 42 heavy (non-hydrogen) atoms. The largest absolute Gasteiger partial charge is 0.416 e. The molecule has 1 aliphatic carbocycles. The number of nitrogens with zero attached hydrogens (tertiary/aromatic N) is 1. The van der Waals surface area contributed by atoms with Crippen molar-refractivity contribution in [3.63, 3.8) is 0 Å². The number of carbonyl (C=O) groups excluding carboxylic acids is 3. The molecule has 208 valence electrons. The zero-order chi connectivity index (χ0) is 29.4. The maximum absolute atomic E-state index is 14.6. The fourth-order valence-electron chi connectivity index (χ4n) is 7.10. The third-order valence-corrected chi connectivity index (χ3v) is 8.89. The molecule has 1 saturated heterocycles. The van der Waals surface area contributed by atoms with Gasteiger partial charge in [-0.05, 0) is 41.8 Å². The minimum absolute atomic E-state index is 0.260. The third-order valence-electron chi connectivity index (χ3n) is 8.89. The highest BCUT2D eigenvalue weighted by atomic mass is 19.4. The summed E-state index contributed by atoms with van der Waals surface area (Å²) in [5.74, 6) is -2.23. The van der Waals surface area contributed by atoms with E-state index in [1.807, 2.05) is 36.1 Å². The summed E-state index contributed by atoms with van der Waals surface area (Å²) in [6.45, 7) is 1.92. The summed E-state index contributed by atoms with van der Waals surface area (Å²) in [6, 6.07) is 23.6. The fourth-order valence-corrected chi connectivity index (χ4v) is 7.10. The third kappa shape index (κ3) is 3.52. The molecule has 4 nitrogen and oxygen atoms in total. The Balaban J connectivity index is 1.54. The van der Waals surface area contributed by atoms with Gasteiger partial charge in [-0.25, -0.2) is 0 Å². The molecule has 0 unspecified atom stereocenters. The van der Waals surface area contributed by atoms with Crippen LogP contribution in [0, 0.1) is 12.3 Å². The van der Waals surface area contributed by atoms with Gasteiger partial charge in [-0.15, -0.1) is 0 Å². The Labute approximate surface area is 240 Å². The summed E-state index contributed by atoms with van der Waals surface area (Å²) in [7, 11) is 0. The van der Waals surface area contributed by atoms with E-state index in [9.17, 15) is 27.6 Å². The summed E-state index contributed by atoms with van der Waals surface area (Å²) in [5, 5.41) is 0. The first-order valence-corrected chi connectivity index (χ1v) is 13.7. The summed E-state index contributed by atoms with van der Waals surface area (Å²) in [4.78, 5) is 45.6. The number of carbonyl (C=O) groups is 3. The molecule has 4 aromatic carbocycles. The molecule has 0 N–H and O–H groups in total. The van der Waals surface area contributed by atoms with Crippen molar-refractivity contribution >= 4 is 29.1 Å². The van der Waals surface area contributed by atoms with Crippen LogP contribution in [0.25, 0.3) is 6.08 Å². The smallest absolute Gasteiger partial charge is 0.352 e. The monoisotopic (exact) mass is 563 g/mol. The molecule has 2 aliphatic heterocycles. The Morgan fingerprint density at radius 3 is 2.05 bits per heavy atom. The zero-order valence-electron chi connectivity index (χ0n) is 22.4. The molecule has 3 aliphatic rings. The molecular weight excluding hydrogens is 539 g/mol. The number of aryl methyl sites for hydroxylation is 1. The maximum Gasteiger partial charge on any atom is 0.416 e. The number of halogens is 3.